The smallest absolute Gasteiger partial charge is 0.417 e. The van der Waals surface area contributed by atoms with Crippen LogP contribution in [0.2, 0.25) is 0 Å². The second-order valence-corrected chi connectivity index (χ2v) is 11.2. The van der Waals surface area contributed by atoms with Gasteiger partial charge in [0.2, 0.25) is 5.91 Å². The van der Waals surface area contributed by atoms with Crippen molar-refractivity contribution >= 4 is 23.6 Å². The predicted octanol–water partition coefficient (Wildman–Crippen LogP) is 4.22. The van der Waals surface area contributed by atoms with Crippen LogP contribution in [0, 0.1) is 5.41 Å². The lowest BCUT2D eigenvalue weighted by Crippen LogP contribution is -2.36. The predicted molar refractivity (Wildman–Crippen MR) is 141 cm³/mol. The number of aromatic amines is 1. The zero-order valence-corrected chi connectivity index (χ0v) is 23.1. The Morgan fingerprint density at radius 3 is 2.52 bits per heavy atom. The van der Waals surface area contributed by atoms with Crippen LogP contribution in [0.25, 0.3) is 0 Å². The zero-order valence-electron chi connectivity index (χ0n) is 23.1. The van der Waals surface area contributed by atoms with E-state index in [-0.39, 0.29) is 42.5 Å². The highest BCUT2D eigenvalue weighted by molar-refractivity contribution is 5.95. The number of anilines is 1. The number of hydrogen-bond donors (Lipinski definition) is 2. The summed E-state index contributed by atoms with van der Waals surface area (Å²) in [5.41, 5.74) is 0.0394. The first-order chi connectivity index (χ1) is 19.7. The van der Waals surface area contributed by atoms with Crippen molar-refractivity contribution in [3.63, 3.8) is 0 Å². The van der Waals surface area contributed by atoms with Gasteiger partial charge in [-0.05, 0) is 35.7 Å². The summed E-state index contributed by atoms with van der Waals surface area (Å²) in [5.74, 6) is -0.343. The van der Waals surface area contributed by atoms with Gasteiger partial charge in [0.1, 0.15) is 12.3 Å². The lowest BCUT2D eigenvalue weighted by Gasteiger charge is -2.25. The number of halogens is 3. The second kappa shape index (κ2) is 10.7. The standard InChI is InChI=1S/C28H28F3N5O6/c1-27(2,3)25(39)33-20-9-18(28(29,30)31)10-32-21(20)14-41-26(40)36-11-16-5-4-15(8-17(16)12-36)24(38)35-7-6-19-22(13-35)42-34-23(19)37/h4-5,8-10H,6-7,11-14H2,1-3H3,(H,33,39)(H,34,37). The van der Waals surface area contributed by atoms with E-state index >= 15 is 0 Å². The summed E-state index contributed by atoms with van der Waals surface area (Å²) in [6.07, 6.45) is -4.42. The molecule has 5 rings (SSSR count). The molecule has 2 aliphatic rings. The van der Waals surface area contributed by atoms with Crippen molar-refractivity contribution in [2.24, 2.45) is 5.41 Å². The number of hydrogen-bond acceptors (Lipinski definition) is 7. The van der Waals surface area contributed by atoms with Crippen molar-refractivity contribution in [3.8, 4) is 0 Å². The Bertz CT molecular complexity index is 1620. The van der Waals surface area contributed by atoms with E-state index < -0.39 is 35.8 Å². The Kier molecular flexibility index (Phi) is 7.33. The molecule has 0 atom stereocenters. The van der Waals surface area contributed by atoms with Crippen molar-refractivity contribution < 1.29 is 36.8 Å². The number of alkyl halides is 3. The fourth-order valence-corrected chi connectivity index (χ4v) is 4.65. The van der Waals surface area contributed by atoms with Crippen LogP contribution < -0.4 is 10.9 Å². The number of nitrogens with one attached hydrogen (secondary N) is 2. The molecule has 3 aromatic rings. The third kappa shape index (κ3) is 5.87. The third-order valence-corrected chi connectivity index (χ3v) is 7.12. The van der Waals surface area contributed by atoms with E-state index in [2.05, 4.69) is 15.5 Å². The summed E-state index contributed by atoms with van der Waals surface area (Å²) >= 11 is 0. The number of fused-ring (bicyclic) bond motifs is 2. The maximum absolute atomic E-state index is 13.3. The van der Waals surface area contributed by atoms with E-state index in [0.717, 1.165) is 17.2 Å². The largest absolute Gasteiger partial charge is 0.443 e. The molecule has 222 valence electrons. The number of carbonyl (C=O) groups excluding carboxylic acids is 3. The van der Waals surface area contributed by atoms with Crippen LogP contribution in [0.3, 0.4) is 0 Å². The number of carbonyl (C=O) groups is 3. The van der Waals surface area contributed by atoms with Gasteiger partial charge in [-0.2, -0.15) is 18.3 Å². The summed E-state index contributed by atoms with van der Waals surface area (Å²) < 4.78 is 50.4. The molecule has 0 saturated heterocycles. The molecule has 2 aromatic heterocycles. The average Bonchev–Trinajstić information content (AvgIpc) is 3.53. The van der Waals surface area contributed by atoms with Crippen LogP contribution in [0.4, 0.5) is 23.7 Å². The lowest BCUT2D eigenvalue weighted by atomic mass is 9.95. The van der Waals surface area contributed by atoms with E-state index in [4.69, 9.17) is 9.26 Å². The minimum atomic E-state index is -4.68. The van der Waals surface area contributed by atoms with Gasteiger partial charge in [0, 0.05) is 36.8 Å². The Hall–Kier alpha value is -4.62. The molecule has 0 bridgehead atoms. The number of aromatic nitrogens is 2. The molecule has 2 aliphatic heterocycles. The number of amides is 3. The minimum Gasteiger partial charge on any atom is -0.443 e. The number of pyridine rings is 1. The van der Waals surface area contributed by atoms with E-state index in [1.165, 1.54) is 4.90 Å². The zero-order chi connectivity index (χ0) is 30.4. The van der Waals surface area contributed by atoms with Crippen LogP contribution in [0.5, 0.6) is 0 Å². The average molecular weight is 588 g/mol. The molecule has 0 radical (unpaired) electrons. The van der Waals surface area contributed by atoms with Crippen molar-refractivity contribution in [1.82, 2.24) is 19.9 Å². The topological polar surface area (TPSA) is 138 Å². The van der Waals surface area contributed by atoms with Gasteiger partial charge in [0.25, 0.3) is 11.5 Å². The van der Waals surface area contributed by atoms with Gasteiger partial charge in [-0.1, -0.05) is 26.8 Å². The quantitative estimate of drug-likeness (QED) is 0.466. The van der Waals surface area contributed by atoms with Gasteiger partial charge < -0.3 is 19.5 Å². The molecule has 4 heterocycles. The van der Waals surface area contributed by atoms with Crippen molar-refractivity contribution in [2.75, 3.05) is 11.9 Å². The van der Waals surface area contributed by atoms with Crippen molar-refractivity contribution in [2.45, 2.75) is 59.6 Å². The fraction of sp³-hybridized carbons (Fsp3) is 0.393. The molecule has 0 spiro atoms. The van der Waals surface area contributed by atoms with E-state index in [1.807, 2.05) is 0 Å². The highest BCUT2D eigenvalue weighted by Crippen LogP contribution is 2.32. The monoisotopic (exact) mass is 587 g/mol. The summed E-state index contributed by atoms with van der Waals surface area (Å²) in [5, 5.41) is 4.74. The fourth-order valence-electron chi connectivity index (χ4n) is 4.65. The van der Waals surface area contributed by atoms with Gasteiger partial charge in [-0.3, -0.25) is 24.3 Å². The van der Waals surface area contributed by atoms with E-state index in [9.17, 15) is 32.3 Å². The molecule has 0 aliphatic carbocycles. The van der Waals surface area contributed by atoms with Crippen molar-refractivity contribution in [1.29, 1.82) is 0 Å². The first-order valence-electron chi connectivity index (χ1n) is 13.1. The van der Waals surface area contributed by atoms with E-state index in [0.29, 0.717) is 36.0 Å². The van der Waals surface area contributed by atoms with Crippen molar-refractivity contribution in [3.05, 3.63) is 80.1 Å². The molecular weight excluding hydrogens is 559 g/mol. The molecule has 0 fully saturated rings. The number of benzene rings is 1. The van der Waals surface area contributed by atoms with Gasteiger partial charge in [-0.15, -0.1) is 0 Å². The molecule has 42 heavy (non-hydrogen) atoms. The molecule has 0 saturated carbocycles. The van der Waals surface area contributed by atoms with Gasteiger partial charge >= 0.3 is 12.3 Å². The molecule has 3 amide bonds. The number of rotatable bonds is 4. The third-order valence-electron chi connectivity index (χ3n) is 7.12. The second-order valence-electron chi connectivity index (χ2n) is 11.2. The first-order valence-corrected chi connectivity index (χ1v) is 13.1. The minimum absolute atomic E-state index is 0.0403. The highest BCUT2D eigenvalue weighted by atomic mass is 19.4. The lowest BCUT2D eigenvalue weighted by molar-refractivity contribution is -0.137. The summed E-state index contributed by atoms with van der Waals surface area (Å²) in [6, 6.07) is 5.87. The summed E-state index contributed by atoms with van der Waals surface area (Å²) in [6.45, 7) is 5.24. The maximum atomic E-state index is 13.3. The van der Waals surface area contributed by atoms with Crippen LogP contribution in [0.15, 0.2) is 39.8 Å². The number of ether oxygens (including phenoxy) is 1. The van der Waals surface area contributed by atoms with Crippen LogP contribution in [-0.2, 0) is 48.4 Å². The highest BCUT2D eigenvalue weighted by Gasteiger charge is 2.33. The first kappa shape index (κ1) is 28.9. The maximum Gasteiger partial charge on any atom is 0.417 e. The SMILES string of the molecule is CC(C)(C)C(=O)Nc1cc(C(F)(F)F)cnc1COC(=O)N1Cc2ccc(C(=O)N3CCc4c(o[nH]c4=O)C3)cc2C1. The Morgan fingerprint density at radius 2 is 1.81 bits per heavy atom. The van der Waals surface area contributed by atoms with Gasteiger partial charge in [-0.25, -0.2) is 4.79 Å². The molecule has 14 heteroatoms. The van der Waals surface area contributed by atoms with Gasteiger partial charge in [0.05, 0.1) is 23.4 Å². The number of H-pyrrole nitrogens is 1. The van der Waals surface area contributed by atoms with E-state index in [1.54, 1.807) is 43.9 Å². The molecule has 11 nitrogen and oxygen atoms in total. The Labute approximate surface area is 237 Å². The number of nitrogens with zero attached hydrogens (tertiary/aromatic N) is 3. The van der Waals surface area contributed by atoms with Crippen LogP contribution in [0.1, 0.15) is 64.8 Å². The summed E-state index contributed by atoms with van der Waals surface area (Å²) in [4.78, 5) is 57.0. The Balaban J connectivity index is 1.24. The van der Waals surface area contributed by atoms with Crippen LogP contribution in [-0.4, -0.2) is 44.4 Å². The van der Waals surface area contributed by atoms with Crippen LogP contribution >= 0.6 is 0 Å². The van der Waals surface area contributed by atoms with Gasteiger partial charge in [0.15, 0.2) is 5.76 Å². The normalized spacial score (nSPS) is 14.8. The molecular formula is C28H28F3N5O6. The summed E-state index contributed by atoms with van der Waals surface area (Å²) in [7, 11) is 0. The molecule has 1 aromatic carbocycles. The Morgan fingerprint density at radius 1 is 1.07 bits per heavy atom. The molecule has 2 N–H and O–H groups in total. The molecule has 0 unspecified atom stereocenters.